The third-order valence-corrected chi connectivity index (χ3v) is 1.91. The van der Waals surface area contributed by atoms with Crippen LogP contribution in [0.4, 0.5) is 8.78 Å². The van der Waals surface area contributed by atoms with E-state index in [9.17, 15) is 8.78 Å². The van der Waals surface area contributed by atoms with Crippen LogP contribution in [0.3, 0.4) is 0 Å². The molecule has 78 valence electrons. The second kappa shape index (κ2) is 3.43. The number of alkyl halides is 2. The molecule has 0 spiro atoms. The summed E-state index contributed by atoms with van der Waals surface area (Å²) in [6.07, 6.45) is -8.26. The Hall–Kier alpha value is -0.340. The number of ether oxygens (including phenoxy) is 1. The highest BCUT2D eigenvalue weighted by Gasteiger charge is 2.56. The van der Waals surface area contributed by atoms with Crippen molar-refractivity contribution in [1.82, 2.24) is 0 Å². The Morgan fingerprint density at radius 2 is 1.77 bits per heavy atom. The lowest BCUT2D eigenvalue weighted by atomic mass is 9.98. The molecule has 0 amide bonds. The Bertz CT molecular complexity index is 188. The van der Waals surface area contributed by atoms with Gasteiger partial charge in [0, 0.05) is 0 Å². The van der Waals surface area contributed by atoms with Crippen molar-refractivity contribution in [2.45, 2.75) is 30.5 Å². The van der Waals surface area contributed by atoms with Crippen LogP contribution in [0.5, 0.6) is 0 Å². The van der Waals surface area contributed by atoms with Gasteiger partial charge in [0.1, 0.15) is 12.2 Å². The molecule has 1 aliphatic heterocycles. The lowest BCUT2D eigenvalue weighted by molar-refractivity contribution is -0.345. The van der Waals surface area contributed by atoms with E-state index in [1.165, 1.54) is 0 Å². The van der Waals surface area contributed by atoms with Gasteiger partial charge in [0.05, 0.1) is 6.61 Å². The Kier molecular flexibility index (Phi) is 2.83. The lowest BCUT2D eigenvalue weighted by Gasteiger charge is -2.39. The smallest absolute Gasteiger partial charge is 0.325 e. The van der Waals surface area contributed by atoms with Gasteiger partial charge in [-0.3, -0.25) is 0 Å². The third-order valence-electron chi connectivity index (χ3n) is 1.91. The molecule has 7 heteroatoms. The van der Waals surface area contributed by atoms with Gasteiger partial charge in [0.15, 0.2) is 6.10 Å². The van der Waals surface area contributed by atoms with Gasteiger partial charge in [0.2, 0.25) is 6.29 Å². The molecule has 5 atom stereocenters. The molecule has 0 saturated carbocycles. The molecule has 0 aliphatic carbocycles. The Labute approximate surface area is 72.2 Å². The van der Waals surface area contributed by atoms with E-state index in [4.69, 9.17) is 20.4 Å². The summed E-state index contributed by atoms with van der Waals surface area (Å²) in [5.74, 6) is -3.93. The monoisotopic (exact) mass is 199 g/mol. The first-order valence-electron chi connectivity index (χ1n) is 3.59. The van der Waals surface area contributed by atoms with E-state index in [0.717, 1.165) is 0 Å². The van der Waals surface area contributed by atoms with Crippen molar-refractivity contribution < 1.29 is 33.9 Å². The number of hydrogen-bond acceptors (Lipinski definition) is 5. The number of hydrogen-bond donors (Lipinski definition) is 4. The van der Waals surface area contributed by atoms with E-state index in [1.807, 2.05) is 0 Å². The predicted molar refractivity (Wildman–Crippen MR) is 34.9 cm³/mol. The minimum absolute atomic E-state index is 0.759. The fraction of sp³-hybridized carbons (Fsp3) is 1.00. The van der Waals surface area contributed by atoms with Gasteiger partial charge in [-0.05, 0) is 0 Å². The van der Waals surface area contributed by atoms with Crippen LogP contribution < -0.4 is 0 Å². The average Bonchev–Trinajstić information content (AvgIpc) is 2.09. The summed E-state index contributed by atoms with van der Waals surface area (Å²) in [6.45, 7) is -0.759. The highest BCUT2D eigenvalue weighted by Crippen LogP contribution is 2.33. The van der Waals surface area contributed by atoms with E-state index in [0.29, 0.717) is 0 Å². The molecule has 0 bridgehead atoms. The minimum atomic E-state index is -3.93. The number of halogens is 2. The van der Waals surface area contributed by atoms with Crippen LogP contribution in [0.15, 0.2) is 0 Å². The SMILES string of the molecule is OC[C@H]1OC(O)[C@@](F)([18F])[C@@H](O)[C@@H]1O. The Balaban J connectivity index is 2.79. The number of aliphatic hydroxyl groups is 4. The van der Waals surface area contributed by atoms with Crippen molar-refractivity contribution in [2.24, 2.45) is 0 Å². The summed E-state index contributed by atoms with van der Waals surface area (Å²) in [4.78, 5) is 0. The van der Waals surface area contributed by atoms with Crippen LogP contribution >= 0.6 is 0 Å². The summed E-state index contributed by atoms with van der Waals surface area (Å²) in [6, 6.07) is 0. The van der Waals surface area contributed by atoms with Gasteiger partial charge in [-0.2, -0.15) is 8.78 Å². The van der Waals surface area contributed by atoms with Gasteiger partial charge < -0.3 is 25.2 Å². The molecule has 1 saturated heterocycles. The van der Waals surface area contributed by atoms with Gasteiger partial charge in [-0.25, -0.2) is 0 Å². The summed E-state index contributed by atoms with van der Waals surface area (Å²) in [5, 5.41) is 35.0. The summed E-state index contributed by atoms with van der Waals surface area (Å²) in [5.41, 5.74) is 0. The predicted octanol–water partition coefficient (Wildman–Crippen LogP) is -1.95. The largest absolute Gasteiger partial charge is 0.394 e. The van der Waals surface area contributed by atoms with Gasteiger partial charge in [-0.15, -0.1) is 0 Å². The maximum atomic E-state index is 12.7. The standard InChI is InChI=1S/C6H10F2O5/c7-6(8)4(11)3(10)2(1-9)13-5(6)12/h2-5,9-12H,1H2/t2-,3-,4+,5?/m1/s1/i7-1/t2-,3-,4+,5?,6-. The zero-order valence-electron chi connectivity index (χ0n) is 6.47. The number of aliphatic hydroxyl groups excluding tert-OH is 4. The van der Waals surface area contributed by atoms with E-state index in [1.54, 1.807) is 0 Å². The molecule has 0 aromatic rings. The topological polar surface area (TPSA) is 90.2 Å². The highest BCUT2D eigenvalue weighted by atomic mass is 19.2. The van der Waals surface area contributed by atoms with Crippen LogP contribution in [0.25, 0.3) is 0 Å². The van der Waals surface area contributed by atoms with Gasteiger partial charge in [0.25, 0.3) is 0 Å². The maximum Gasteiger partial charge on any atom is 0.325 e. The average molecular weight is 199 g/mol. The molecule has 1 rings (SSSR count). The van der Waals surface area contributed by atoms with Crippen molar-refractivity contribution >= 4 is 0 Å². The summed E-state index contributed by atoms with van der Waals surface area (Å²) in [7, 11) is 0. The van der Waals surface area contributed by atoms with E-state index in [-0.39, 0.29) is 0 Å². The first kappa shape index (κ1) is 10.7. The van der Waals surface area contributed by atoms with Crippen molar-refractivity contribution in [3.05, 3.63) is 0 Å². The third kappa shape index (κ3) is 1.65. The fourth-order valence-electron chi connectivity index (χ4n) is 1.06. The van der Waals surface area contributed by atoms with Crippen molar-refractivity contribution in [2.75, 3.05) is 6.61 Å². The van der Waals surface area contributed by atoms with Gasteiger partial charge >= 0.3 is 5.92 Å². The van der Waals surface area contributed by atoms with Crippen molar-refractivity contribution in [1.29, 1.82) is 0 Å². The minimum Gasteiger partial charge on any atom is -0.394 e. The molecule has 1 fully saturated rings. The second-order valence-electron chi connectivity index (χ2n) is 2.82. The first-order chi connectivity index (χ1) is 5.91. The molecular formula is C6H10F2O5. The zero-order chi connectivity index (χ0) is 10.2. The van der Waals surface area contributed by atoms with Crippen LogP contribution in [0, 0.1) is 0 Å². The summed E-state index contributed by atoms with van der Waals surface area (Å²) < 4.78 is 29.5. The van der Waals surface area contributed by atoms with Gasteiger partial charge in [-0.1, -0.05) is 0 Å². The lowest BCUT2D eigenvalue weighted by Crippen LogP contribution is -2.62. The molecule has 5 nitrogen and oxygen atoms in total. The molecule has 1 unspecified atom stereocenters. The Morgan fingerprint density at radius 3 is 2.23 bits per heavy atom. The zero-order valence-corrected chi connectivity index (χ0v) is 6.47. The van der Waals surface area contributed by atoms with Crippen LogP contribution in [0.1, 0.15) is 0 Å². The molecule has 13 heavy (non-hydrogen) atoms. The Morgan fingerprint density at radius 1 is 1.23 bits per heavy atom. The molecule has 0 aromatic heterocycles. The van der Waals surface area contributed by atoms with E-state index < -0.39 is 37.1 Å². The molecule has 1 heterocycles. The first-order valence-corrected chi connectivity index (χ1v) is 3.59. The van der Waals surface area contributed by atoms with Crippen LogP contribution in [-0.4, -0.2) is 57.6 Å². The highest BCUT2D eigenvalue weighted by molar-refractivity contribution is 4.93. The second-order valence-corrected chi connectivity index (χ2v) is 2.82. The molecule has 1 aliphatic rings. The quantitative estimate of drug-likeness (QED) is 0.394. The van der Waals surface area contributed by atoms with Crippen LogP contribution in [0.2, 0.25) is 0 Å². The van der Waals surface area contributed by atoms with E-state index in [2.05, 4.69) is 4.74 Å². The fourth-order valence-corrected chi connectivity index (χ4v) is 1.06. The normalized spacial score (nSPS) is 52.2. The maximum absolute atomic E-state index is 12.7. The van der Waals surface area contributed by atoms with Crippen molar-refractivity contribution in [3.8, 4) is 0 Å². The van der Waals surface area contributed by atoms with Crippen molar-refractivity contribution in [3.63, 3.8) is 0 Å². The van der Waals surface area contributed by atoms with E-state index >= 15 is 0 Å². The molecular weight excluding hydrogens is 189 g/mol. The number of rotatable bonds is 1. The molecule has 4 N–H and O–H groups in total. The summed E-state index contributed by atoms with van der Waals surface area (Å²) >= 11 is 0. The molecule has 0 radical (unpaired) electrons. The van der Waals surface area contributed by atoms with Crippen LogP contribution in [-0.2, 0) is 4.74 Å². The molecule has 0 aromatic carbocycles.